The third-order valence-corrected chi connectivity index (χ3v) is 5.37. The topological polar surface area (TPSA) is 113 Å². The predicted molar refractivity (Wildman–Crippen MR) is 111 cm³/mol. The highest BCUT2D eigenvalue weighted by Gasteiger charge is 2.28. The monoisotopic (exact) mass is 400 g/mol. The molecule has 3 N–H and O–H groups in total. The molecule has 1 aromatic carbocycles. The molecule has 0 spiro atoms. The Morgan fingerprint density at radius 1 is 1.24 bits per heavy atom. The van der Waals surface area contributed by atoms with Crippen molar-refractivity contribution in [1.82, 2.24) is 20.2 Å². The lowest BCUT2D eigenvalue weighted by molar-refractivity contribution is -0.126. The summed E-state index contributed by atoms with van der Waals surface area (Å²) in [5, 5.41) is 6.30. The number of amides is 2. The van der Waals surface area contributed by atoms with Crippen LogP contribution in [0.3, 0.4) is 0 Å². The summed E-state index contributed by atoms with van der Waals surface area (Å²) in [4.78, 5) is 52.1. The number of hydrogen-bond acceptors (Lipinski definition) is 4. The van der Waals surface area contributed by atoms with Crippen LogP contribution in [-0.4, -0.2) is 33.4 Å². The molecule has 1 aliphatic carbocycles. The number of aromatic nitrogens is 2. The van der Waals surface area contributed by atoms with E-state index < -0.39 is 5.69 Å². The molecule has 8 heteroatoms. The number of carbonyl (C=O) groups excluding carboxylic acids is 2. The van der Waals surface area contributed by atoms with Gasteiger partial charge in [-0.15, -0.1) is 0 Å². The molecule has 2 atom stereocenters. The molecule has 1 aromatic heterocycles. The molecule has 0 radical (unpaired) electrons. The summed E-state index contributed by atoms with van der Waals surface area (Å²) in [6, 6.07) is 4.69. The van der Waals surface area contributed by atoms with Crippen LogP contribution in [0.25, 0.3) is 10.9 Å². The summed E-state index contributed by atoms with van der Waals surface area (Å²) in [7, 11) is 0. The molecule has 2 aromatic rings. The molecule has 8 nitrogen and oxygen atoms in total. The fourth-order valence-corrected chi connectivity index (χ4v) is 3.91. The van der Waals surface area contributed by atoms with Crippen LogP contribution >= 0.6 is 0 Å². The van der Waals surface area contributed by atoms with Gasteiger partial charge in [-0.1, -0.05) is 6.42 Å². The minimum Gasteiger partial charge on any atom is -0.354 e. The third-order valence-electron chi connectivity index (χ3n) is 5.37. The first-order valence-corrected chi connectivity index (χ1v) is 10.2. The molecule has 0 aliphatic heterocycles. The molecule has 0 bridgehead atoms. The van der Waals surface area contributed by atoms with Gasteiger partial charge in [0.15, 0.2) is 0 Å². The minimum absolute atomic E-state index is 0.0365. The molecule has 29 heavy (non-hydrogen) atoms. The highest BCUT2D eigenvalue weighted by molar-refractivity contribution is 5.97. The normalized spacial score (nSPS) is 19.3. The van der Waals surface area contributed by atoms with Crippen LogP contribution in [0.1, 0.15) is 56.8 Å². The summed E-state index contributed by atoms with van der Waals surface area (Å²) in [6.45, 7) is 5.86. The van der Waals surface area contributed by atoms with E-state index >= 15 is 0 Å². The highest BCUT2D eigenvalue weighted by atomic mass is 16.2. The number of hydrogen-bond donors (Lipinski definition) is 3. The van der Waals surface area contributed by atoms with Gasteiger partial charge in [-0.05, 0) is 58.2 Å². The van der Waals surface area contributed by atoms with Gasteiger partial charge in [0.1, 0.15) is 0 Å². The van der Waals surface area contributed by atoms with E-state index in [1.807, 2.05) is 13.8 Å². The first-order valence-electron chi connectivity index (χ1n) is 10.2. The van der Waals surface area contributed by atoms with Gasteiger partial charge in [0.2, 0.25) is 5.91 Å². The van der Waals surface area contributed by atoms with Crippen molar-refractivity contribution in [2.24, 2.45) is 5.92 Å². The maximum absolute atomic E-state index is 12.7. The predicted octanol–water partition coefficient (Wildman–Crippen LogP) is 1.52. The number of carbonyl (C=O) groups is 2. The lowest BCUT2D eigenvalue weighted by atomic mass is 9.85. The van der Waals surface area contributed by atoms with Gasteiger partial charge in [0.05, 0.1) is 10.9 Å². The second kappa shape index (κ2) is 8.63. The average molecular weight is 400 g/mol. The molecule has 156 valence electrons. The first kappa shape index (κ1) is 20.8. The van der Waals surface area contributed by atoms with E-state index in [9.17, 15) is 19.2 Å². The third kappa shape index (κ3) is 4.58. The second-order valence-corrected chi connectivity index (χ2v) is 7.94. The van der Waals surface area contributed by atoms with Crippen molar-refractivity contribution >= 4 is 22.7 Å². The highest BCUT2D eigenvalue weighted by Crippen LogP contribution is 2.25. The number of nitrogens with one attached hydrogen (secondary N) is 3. The van der Waals surface area contributed by atoms with E-state index in [1.165, 1.54) is 6.07 Å². The van der Waals surface area contributed by atoms with Gasteiger partial charge >= 0.3 is 5.69 Å². The number of benzene rings is 1. The van der Waals surface area contributed by atoms with Gasteiger partial charge in [0, 0.05) is 30.1 Å². The van der Waals surface area contributed by atoms with Crippen LogP contribution in [-0.2, 0) is 11.3 Å². The van der Waals surface area contributed by atoms with E-state index in [0.717, 1.165) is 23.8 Å². The molecular formula is C21H28N4O4. The van der Waals surface area contributed by atoms with E-state index in [1.54, 1.807) is 19.1 Å². The molecule has 2 amide bonds. The molecular weight excluding hydrogens is 372 g/mol. The standard InChI is InChI=1S/C21H28N4O4/c1-4-25-20(28)16-9-8-14(11-17(16)24-21(25)29)19(27)23-15-7-5-6-13(10-15)18(26)22-12(2)3/h8-9,11-13,15H,4-7,10H2,1-3H3,(H,22,26)(H,23,27)(H,24,29). The van der Waals surface area contributed by atoms with Crippen LogP contribution in [0, 0.1) is 5.92 Å². The van der Waals surface area contributed by atoms with Gasteiger partial charge < -0.3 is 15.6 Å². The van der Waals surface area contributed by atoms with E-state index in [4.69, 9.17) is 0 Å². The molecule has 1 heterocycles. The van der Waals surface area contributed by atoms with Crippen molar-refractivity contribution in [2.45, 2.75) is 65.1 Å². The van der Waals surface area contributed by atoms with Crippen molar-refractivity contribution in [3.05, 3.63) is 44.6 Å². The Morgan fingerprint density at radius 2 is 2.00 bits per heavy atom. The van der Waals surface area contributed by atoms with Crippen LogP contribution in [0.15, 0.2) is 27.8 Å². The lowest BCUT2D eigenvalue weighted by Crippen LogP contribution is -2.43. The largest absolute Gasteiger partial charge is 0.354 e. The van der Waals surface area contributed by atoms with E-state index in [-0.39, 0.29) is 41.9 Å². The summed E-state index contributed by atoms with van der Waals surface area (Å²) in [6.07, 6.45) is 3.13. The molecule has 1 aliphatic rings. The van der Waals surface area contributed by atoms with Crippen LogP contribution in [0.4, 0.5) is 0 Å². The summed E-state index contributed by atoms with van der Waals surface area (Å²) >= 11 is 0. The van der Waals surface area contributed by atoms with Gasteiger partial charge in [-0.3, -0.25) is 19.0 Å². The number of H-pyrrole nitrogens is 1. The zero-order valence-corrected chi connectivity index (χ0v) is 17.1. The van der Waals surface area contributed by atoms with Crippen molar-refractivity contribution in [1.29, 1.82) is 0 Å². The smallest absolute Gasteiger partial charge is 0.328 e. The lowest BCUT2D eigenvalue weighted by Gasteiger charge is -2.29. The Morgan fingerprint density at radius 3 is 2.69 bits per heavy atom. The average Bonchev–Trinajstić information content (AvgIpc) is 2.67. The molecule has 0 saturated heterocycles. The van der Waals surface area contributed by atoms with E-state index in [2.05, 4.69) is 15.6 Å². The summed E-state index contributed by atoms with van der Waals surface area (Å²) < 4.78 is 1.12. The number of aromatic amines is 1. The Hall–Kier alpha value is -2.90. The number of nitrogens with zero attached hydrogens (tertiary/aromatic N) is 1. The number of rotatable bonds is 5. The molecule has 3 rings (SSSR count). The Bertz CT molecular complexity index is 1040. The van der Waals surface area contributed by atoms with Gasteiger partial charge in [0.25, 0.3) is 11.5 Å². The number of fused-ring (bicyclic) bond motifs is 1. The van der Waals surface area contributed by atoms with Gasteiger partial charge in [-0.2, -0.15) is 0 Å². The first-order chi connectivity index (χ1) is 13.8. The van der Waals surface area contributed by atoms with Crippen LogP contribution < -0.4 is 21.9 Å². The van der Waals surface area contributed by atoms with Crippen molar-refractivity contribution in [2.75, 3.05) is 0 Å². The molecule has 1 fully saturated rings. The van der Waals surface area contributed by atoms with Crippen molar-refractivity contribution < 1.29 is 9.59 Å². The van der Waals surface area contributed by atoms with Crippen molar-refractivity contribution in [3.63, 3.8) is 0 Å². The van der Waals surface area contributed by atoms with Gasteiger partial charge in [-0.25, -0.2) is 4.79 Å². The molecule has 1 saturated carbocycles. The Balaban J connectivity index is 1.75. The maximum atomic E-state index is 12.7. The summed E-state index contributed by atoms with van der Waals surface area (Å²) in [5.41, 5.74) is -0.149. The second-order valence-electron chi connectivity index (χ2n) is 7.94. The van der Waals surface area contributed by atoms with Crippen LogP contribution in [0.5, 0.6) is 0 Å². The fourth-order valence-electron chi connectivity index (χ4n) is 3.91. The molecule has 2 unspecified atom stereocenters. The van der Waals surface area contributed by atoms with Crippen molar-refractivity contribution in [3.8, 4) is 0 Å². The Labute approximate surface area is 168 Å². The maximum Gasteiger partial charge on any atom is 0.328 e. The zero-order chi connectivity index (χ0) is 21.1. The quantitative estimate of drug-likeness (QED) is 0.706. The fraction of sp³-hybridized carbons (Fsp3) is 0.524. The minimum atomic E-state index is -0.492. The van der Waals surface area contributed by atoms with E-state index in [0.29, 0.717) is 22.9 Å². The summed E-state index contributed by atoms with van der Waals surface area (Å²) in [5.74, 6) is -0.339. The van der Waals surface area contributed by atoms with Crippen LogP contribution in [0.2, 0.25) is 0 Å². The zero-order valence-electron chi connectivity index (χ0n) is 17.1. The SMILES string of the molecule is CCn1c(=O)[nH]c2cc(C(=O)NC3CCCC(C(=O)NC(C)C)C3)ccc2c1=O. The Kier molecular flexibility index (Phi) is 6.20.